The van der Waals surface area contributed by atoms with E-state index in [9.17, 15) is 4.79 Å². The van der Waals surface area contributed by atoms with Gasteiger partial charge in [-0.05, 0) is 30.0 Å². The van der Waals surface area contributed by atoms with Crippen molar-refractivity contribution in [2.24, 2.45) is 11.7 Å². The number of nitrogens with zero attached hydrogens (tertiary/aromatic N) is 3. The first-order valence-electron chi connectivity index (χ1n) is 7.96. The molecule has 1 unspecified atom stereocenters. The minimum absolute atomic E-state index is 0.00927. The number of unbranched alkanes of at least 4 members (excludes halogenated alkanes) is 1. The maximum Gasteiger partial charge on any atom is 0.288 e. The van der Waals surface area contributed by atoms with Crippen molar-refractivity contribution in [2.45, 2.75) is 39.7 Å². The van der Waals surface area contributed by atoms with Crippen LogP contribution in [0.15, 0.2) is 30.6 Å². The molecule has 2 rings (SSSR count). The number of primary amides is 1. The minimum Gasteiger partial charge on any atom is -0.373 e. The number of hydrogen-bond acceptors (Lipinski definition) is 4. The first-order chi connectivity index (χ1) is 11.0. The summed E-state index contributed by atoms with van der Waals surface area (Å²) >= 11 is 0. The largest absolute Gasteiger partial charge is 0.373 e. The number of rotatable bonds is 8. The average molecular weight is 316 g/mol. The highest BCUT2D eigenvalue weighted by molar-refractivity contribution is 5.88. The molecular formula is C17H24N4O2. The molecule has 0 radical (unpaired) electrons. The fourth-order valence-corrected chi connectivity index (χ4v) is 2.37. The molecule has 1 aromatic heterocycles. The number of carbonyl (C=O) groups is 1. The topological polar surface area (TPSA) is 83.0 Å². The highest BCUT2D eigenvalue weighted by Crippen LogP contribution is 2.27. The molecule has 2 N–H and O–H groups in total. The lowest BCUT2D eigenvalue weighted by atomic mass is 9.98. The Labute approximate surface area is 136 Å². The van der Waals surface area contributed by atoms with E-state index in [0.29, 0.717) is 5.92 Å². The third kappa shape index (κ3) is 4.39. The van der Waals surface area contributed by atoms with Crippen LogP contribution in [0.2, 0.25) is 0 Å². The van der Waals surface area contributed by atoms with Crippen LogP contribution < -0.4 is 5.73 Å². The van der Waals surface area contributed by atoms with Crippen LogP contribution in [0.1, 0.15) is 55.9 Å². The normalized spacial score (nSPS) is 12.5. The van der Waals surface area contributed by atoms with Crippen LogP contribution in [-0.2, 0) is 4.74 Å². The summed E-state index contributed by atoms with van der Waals surface area (Å²) in [6.45, 7) is 7.18. The van der Waals surface area contributed by atoms with E-state index in [2.05, 4.69) is 30.9 Å². The number of ether oxygens (including phenoxy) is 1. The summed E-state index contributed by atoms with van der Waals surface area (Å²) in [5.74, 6) is -0.267. The summed E-state index contributed by atoms with van der Waals surface area (Å²) in [6.07, 6.45) is 3.68. The zero-order chi connectivity index (χ0) is 16.8. The van der Waals surface area contributed by atoms with Gasteiger partial charge in [-0.1, -0.05) is 39.3 Å². The maximum absolute atomic E-state index is 11.1. The molecule has 6 nitrogen and oxygen atoms in total. The van der Waals surface area contributed by atoms with Gasteiger partial charge in [0.1, 0.15) is 6.33 Å². The van der Waals surface area contributed by atoms with Crippen molar-refractivity contribution in [3.05, 3.63) is 42.0 Å². The highest BCUT2D eigenvalue weighted by Gasteiger charge is 2.17. The monoisotopic (exact) mass is 316 g/mol. The first kappa shape index (κ1) is 17.1. The molecule has 2 aromatic rings. The van der Waals surface area contributed by atoms with Gasteiger partial charge in [-0.25, -0.2) is 9.67 Å². The first-order valence-corrected chi connectivity index (χ1v) is 7.96. The molecular weight excluding hydrogens is 292 g/mol. The van der Waals surface area contributed by atoms with Gasteiger partial charge in [-0.3, -0.25) is 4.79 Å². The summed E-state index contributed by atoms with van der Waals surface area (Å²) < 4.78 is 7.59. The standard InChI is InChI=1S/C17H24N4O2/c1-4-5-9-23-15(12(2)3)13-7-6-8-14(10-13)21-11-19-17(20-21)16(18)22/h6-8,10-12,15H,4-5,9H2,1-3H3,(H2,18,22). The Morgan fingerprint density at radius 2 is 2.17 bits per heavy atom. The predicted octanol–water partition coefficient (Wildman–Crippen LogP) is 2.88. The summed E-state index contributed by atoms with van der Waals surface area (Å²) in [4.78, 5) is 15.0. The molecule has 0 aliphatic heterocycles. The molecule has 0 fully saturated rings. The summed E-state index contributed by atoms with van der Waals surface area (Å²) in [5.41, 5.74) is 7.11. The summed E-state index contributed by atoms with van der Waals surface area (Å²) in [6, 6.07) is 7.92. The van der Waals surface area contributed by atoms with Crippen molar-refractivity contribution in [2.75, 3.05) is 6.61 Å². The lowest BCUT2D eigenvalue weighted by Crippen LogP contribution is -2.14. The van der Waals surface area contributed by atoms with E-state index in [4.69, 9.17) is 10.5 Å². The van der Waals surface area contributed by atoms with Gasteiger partial charge in [0.15, 0.2) is 0 Å². The fourth-order valence-electron chi connectivity index (χ4n) is 2.37. The lowest BCUT2D eigenvalue weighted by molar-refractivity contribution is 0.0194. The third-order valence-corrected chi connectivity index (χ3v) is 3.58. The van der Waals surface area contributed by atoms with Crippen LogP contribution in [0.25, 0.3) is 5.69 Å². The Morgan fingerprint density at radius 1 is 1.39 bits per heavy atom. The summed E-state index contributed by atoms with van der Waals surface area (Å²) in [5, 5.41) is 4.09. The van der Waals surface area contributed by atoms with Crippen LogP contribution >= 0.6 is 0 Å². The maximum atomic E-state index is 11.1. The predicted molar refractivity (Wildman–Crippen MR) is 88.3 cm³/mol. The van der Waals surface area contributed by atoms with Crippen LogP contribution in [0, 0.1) is 5.92 Å². The Morgan fingerprint density at radius 3 is 2.78 bits per heavy atom. The molecule has 23 heavy (non-hydrogen) atoms. The van der Waals surface area contributed by atoms with Crippen molar-refractivity contribution in [3.63, 3.8) is 0 Å². The van der Waals surface area contributed by atoms with Gasteiger partial charge < -0.3 is 10.5 Å². The van der Waals surface area contributed by atoms with Crippen molar-refractivity contribution in [1.82, 2.24) is 14.8 Å². The molecule has 1 atom stereocenters. The summed E-state index contributed by atoms with van der Waals surface area (Å²) in [7, 11) is 0. The van der Waals surface area contributed by atoms with E-state index in [-0.39, 0.29) is 11.9 Å². The molecule has 124 valence electrons. The second-order valence-electron chi connectivity index (χ2n) is 5.86. The molecule has 6 heteroatoms. The second kappa shape index (κ2) is 7.87. The SMILES string of the molecule is CCCCOC(c1cccc(-n2cnc(C(N)=O)n2)c1)C(C)C. The zero-order valence-corrected chi connectivity index (χ0v) is 13.9. The van der Waals surface area contributed by atoms with Gasteiger partial charge in [0, 0.05) is 6.61 Å². The van der Waals surface area contributed by atoms with Crippen LogP contribution in [0.4, 0.5) is 0 Å². The van der Waals surface area contributed by atoms with Gasteiger partial charge in [0.05, 0.1) is 11.8 Å². The second-order valence-corrected chi connectivity index (χ2v) is 5.86. The molecule has 0 aliphatic rings. The molecule has 1 heterocycles. The number of nitrogens with two attached hydrogens (primary N) is 1. The Kier molecular flexibility index (Phi) is 5.87. The quantitative estimate of drug-likeness (QED) is 0.759. The molecule has 0 spiro atoms. The van der Waals surface area contributed by atoms with Gasteiger partial charge in [-0.15, -0.1) is 5.10 Å². The Balaban J connectivity index is 2.24. The fraction of sp³-hybridized carbons (Fsp3) is 0.471. The number of carbonyl (C=O) groups excluding carboxylic acids is 1. The van der Waals surface area contributed by atoms with Crippen molar-refractivity contribution < 1.29 is 9.53 Å². The Hall–Kier alpha value is -2.21. The van der Waals surface area contributed by atoms with Crippen molar-refractivity contribution in [1.29, 1.82) is 0 Å². The van der Waals surface area contributed by atoms with Gasteiger partial charge >= 0.3 is 0 Å². The molecule has 0 saturated heterocycles. The van der Waals surface area contributed by atoms with E-state index < -0.39 is 5.91 Å². The lowest BCUT2D eigenvalue weighted by Gasteiger charge is -2.22. The third-order valence-electron chi connectivity index (χ3n) is 3.58. The number of aromatic nitrogens is 3. The van der Waals surface area contributed by atoms with Gasteiger partial charge in [-0.2, -0.15) is 0 Å². The molecule has 1 aromatic carbocycles. The van der Waals surface area contributed by atoms with Gasteiger partial charge in [0.2, 0.25) is 5.82 Å². The number of amides is 1. The Bertz CT molecular complexity index is 652. The molecule has 0 bridgehead atoms. The van der Waals surface area contributed by atoms with Crippen LogP contribution in [0.3, 0.4) is 0 Å². The van der Waals surface area contributed by atoms with E-state index in [1.807, 2.05) is 24.3 Å². The smallest absolute Gasteiger partial charge is 0.288 e. The van der Waals surface area contributed by atoms with Crippen LogP contribution in [0.5, 0.6) is 0 Å². The highest BCUT2D eigenvalue weighted by atomic mass is 16.5. The zero-order valence-electron chi connectivity index (χ0n) is 13.9. The van der Waals surface area contributed by atoms with E-state index in [1.165, 1.54) is 6.33 Å². The van der Waals surface area contributed by atoms with E-state index in [1.54, 1.807) is 4.68 Å². The van der Waals surface area contributed by atoms with Crippen molar-refractivity contribution in [3.8, 4) is 5.69 Å². The number of benzene rings is 1. The van der Waals surface area contributed by atoms with Crippen molar-refractivity contribution >= 4 is 5.91 Å². The van der Waals surface area contributed by atoms with Gasteiger partial charge in [0.25, 0.3) is 5.91 Å². The average Bonchev–Trinajstić information content (AvgIpc) is 3.01. The van der Waals surface area contributed by atoms with E-state index in [0.717, 1.165) is 30.7 Å². The molecule has 0 saturated carbocycles. The van der Waals surface area contributed by atoms with Crippen LogP contribution in [-0.4, -0.2) is 27.3 Å². The number of hydrogen-bond donors (Lipinski definition) is 1. The minimum atomic E-state index is -0.636. The molecule has 0 aliphatic carbocycles. The van der Waals surface area contributed by atoms with E-state index >= 15 is 0 Å². The molecule has 1 amide bonds.